The Morgan fingerprint density at radius 1 is 1.20 bits per heavy atom. The van der Waals surface area contributed by atoms with Crippen LogP contribution in [0.3, 0.4) is 0 Å². The van der Waals surface area contributed by atoms with Crippen LogP contribution in [0.4, 0.5) is 5.69 Å². The molecule has 0 N–H and O–H groups in total. The molecule has 0 fully saturated rings. The van der Waals surface area contributed by atoms with Gasteiger partial charge in [-0.05, 0) is 39.0 Å². The van der Waals surface area contributed by atoms with Crippen molar-refractivity contribution in [1.29, 1.82) is 0 Å². The minimum Gasteiger partial charge on any atom is -0.288 e. The summed E-state index contributed by atoms with van der Waals surface area (Å²) in [7, 11) is 2.29. The first-order valence-electron chi connectivity index (χ1n) is 5.63. The molecule has 15 heavy (non-hydrogen) atoms. The number of quaternary nitrogens is 1. The lowest BCUT2D eigenvalue weighted by atomic mass is 10.1. The second kappa shape index (κ2) is 5.13. The maximum atomic E-state index is 2.29. The highest BCUT2D eigenvalue weighted by atomic mass is 15.3. The molecule has 1 atom stereocenters. The van der Waals surface area contributed by atoms with E-state index in [4.69, 9.17) is 0 Å². The highest BCUT2D eigenvalue weighted by molar-refractivity contribution is 5.43. The second-order valence-electron chi connectivity index (χ2n) is 4.45. The van der Waals surface area contributed by atoms with Gasteiger partial charge in [-0.25, -0.2) is 0 Å². The zero-order valence-corrected chi connectivity index (χ0v) is 10.3. The van der Waals surface area contributed by atoms with Crippen molar-refractivity contribution in [3.05, 3.63) is 42.5 Å². The molecule has 0 aliphatic rings. The number of benzene rings is 1. The number of likely N-dealkylation sites (N-methyl/N-ethyl adjacent to an activating group) is 1. The van der Waals surface area contributed by atoms with Crippen LogP contribution in [-0.2, 0) is 0 Å². The topological polar surface area (TPSA) is 0 Å². The zero-order valence-electron chi connectivity index (χ0n) is 10.3. The molecule has 1 rings (SSSR count). The first-order valence-corrected chi connectivity index (χ1v) is 5.63. The SMILES string of the molecule is C/C=C/C[N+](C)(c1ccccc1)C(C)C. The van der Waals surface area contributed by atoms with Crippen LogP contribution in [0.5, 0.6) is 0 Å². The molecular formula is C14H22N+. The standard InChI is InChI=1S/C14H22N/c1-5-6-12-15(4,13(2)3)14-10-8-7-9-11-14/h5-11,13H,12H2,1-4H3/q+1/b6-5+. The molecule has 1 unspecified atom stereocenters. The third kappa shape index (κ3) is 2.69. The first-order chi connectivity index (χ1) is 7.11. The number of para-hydroxylation sites is 1. The van der Waals surface area contributed by atoms with Gasteiger partial charge in [-0.2, -0.15) is 0 Å². The van der Waals surface area contributed by atoms with Gasteiger partial charge in [-0.1, -0.05) is 24.3 Å². The van der Waals surface area contributed by atoms with Crippen LogP contribution in [0, 0.1) is 0 Å². The Morgan fingerprint density at radius 3 is 2.27 bits per heavy atom. The Balaban J connectivity index is 3.01. The molecule has 0 saturated heterocycles. The Labute approximate surface area is 93.6 Å². The van der Waals surface area contributed by atoms with E-state index in [9.17, 15) is 0 Å². The molecule has 1 nitrogen and oxygen atoms in total. The summed E-state index contributed by atoms with van der Waals surface area (Å²) >= 11 is 0. The molecule has 0 radical (unpaired) electrons. The van der Waals surface area contributed by atoms with Gasteiger partial charge in [0, 0.05) is 0 Å². The lowest BCUT2D eigenvalue weighted by Gasteiger charge is -2.37. The van der Waals surface area contributed by atoms with Crippen LogP contribution in [0.1, 0.15) is 20.8 Å². The number of rotatable bonds is 4. The summed E-state index contributed by atoms with van der Waals surface area (Å²) in [5.41, 5.74) is 1.38. The van der Waals surface area contributed by atoms with Gasteiger partial charge in [0.15, 0.2) is 0 Å². The van der Waals surface area contributed by atoms with E-state index in [1.165, 1.54) is 5.69 Å². The van der Waals surface area contributed by atoms with Gasteiger partial charge < -0.3 is 0 Å². The van der Waals surface area contributed by atoms with E-state index in [2.05, 4.69) is 70.3 Å². The smallest absolute Gasteiger partial charge is 0.133 e. The van der Waals surface area contributed by atoms with Gasteiger partial charge in [0.1, 0.15) is 12.2 Å². The maximum absolute atomic E-state index is 2.29. The fraction of sp³-hybridized carbons (Fsp3) is 0.429. The fourth-order valence-electron chi connectivity index (χ4n) is 1.71. The summed E-state index contributed by atoms with van der Waals surface area (Å²) in [6, 6.07) is 11.3. The molecule has 0 bridgehead atoms. The number of nitrogens with zero attached hydrogens (tertiary/aromatic N) is 1. The van der Waals surface area contributed by atoms with E-state index < -0.39 is 0 Å². The quantitative estimate of drug-likeness (QED) is 0.519. The van der Waals surface area contributed by atoms with Gasteiger partial charge in [0.25, 0.3) is 0 Å². The third-order valence-electron chi connectivity index (χ3n) is 3.21. The molecule has 0 aromatic heterocycles. The molecule has 0 aliphatic carbocycles. The number of hydrogen-bond acceptors (Lipinski definition) is 0. The number of allylic oxidation sites excluding steroid dienone is 1. The third-order valence-corrected chi connectivity index (χ3v) is 3.21. The van der Waals surface area contributed by atoms with Crippen LogP contribution < -0.4 is 4.48 Å². The Bertz CT molecular complexity index is 313. The fourth-order valence-corrected chi connectivity index (χ4v) is 1.71. The summed E-state index contributed by atoms with van der Waals surface area (Å²) < 4.78 is 0.963. The van der Waals surface area contributed by atoms with Gasteiger partial charge in [0.2, 0.25) is 0 Å². The summed E-state index contributed by atoms with van der Waals surface area (Å²) in [4.78, 5) is 0. The van der Waals surface area contributed by atoms with E-state index >= 15 is 0 Å². The summed E-state index contributed by atoms with van der Waals surface area (Å²) in [5, 5.41) is 0. The maximum Gasteiger partial charge on any atom is 0.133 e. The molecule has 82 valence electrons. The normalized spacial score (nSPS) is 15.8. The molecule has 1 aromatic rings. The van der Waals surface area contributed by atoms with E-state index in [1.807, 2.05) is 0 Å². The summed E-state index contributed by atoms with van der Waals surface area (Å²) in [6.45, 7) is 7.68. The van der Waals surface area contributed by atoms with Crippen molar-refractivity contribution in [1.82, 2.24) is 4.48 Å². The van der Waals surface area contributed by atoms with E-state index in [0.29, 0.717) is 6.04 Å². The molecule has 0 heterocycles. The van der Waals surface area contributed by atoms with Crippen LogP contribution >= 0.6 is 0 Å². The largest absolute Gasteiger partial charge is 0.288 e. The van der Waals surface area contributed by atoms with E-state index in [0.717, 1.165) is 11.0 Å². The first kappa shape index (κ1) is 12.0. The van der Waals surface area contributed by atoms with Gasteiger partial charge in [-0.15, -0.1) is 0 Å². The summed E-state index contributed by atoms with van der Waals surface area (Å²) in [5.74, 6) is 0. The molecule has 1 heteroatoms. The zero-order chi connectivity index (χ0) is 11.3. The van der Waals surface area contributed by atoms with Crippen molar-refractivity contribution in [2.24, 2.45) is 0 Å². The Hall–Kier alpha value is -1.08. The van der Waals surface area contributed by atoms with E-state index in [-0.39, 0.29) is 0 Å². The number of hydrogen-bond donors (Lipinski definition) is 0. The highest BCUT2D eigenvalue weighted by Crippen LogP contribution is 2.23. The second-order valence-corrected chi connectivity index (χ2v) is 4.45. The van der Waals surface area contributed by atoms with Crippen molar-refractivity contribution in [3.63, 3.8) is 0 Å². The van der Waals surface area contributed by atoms with Crippen LogP contribution in [0.25, 0.3) is 0 Å². The predicted octanol–water partition coefficient (Wildman–Crippen LogP) is 3.61. The van der Waals surface area contributed by atoms with Gasteiger partial charge in [0.05, 0.1) is 13.1 Å². The molecule has 0 amide bonds. The minimum atomic E-state index is 0.587. The average molecular weight is 204 g/mol. The van der Waals surface area contributed by atoms with Crippen molar-refractivity contribution >= 4 is 5.69 Å². The minimum absolute atomic E-state index is 0.587. The van der Waals surface area contributed by atoms with Crippen molar-refractivity contribution in [2.45, 2.75) is 26.8 Å². The van der Waals surface area contributed by atoms with Crippen molar-refractivity contribution in [2.75, 3.05) is 13.6 Å². The predicted molar refractivity (Wildman–Crippen MR) is 69.0 cm³/mol. The van der Waals surface area contributed by atoms with Crippen molar-refractivity contribution < 1.29 is 0 Å². The summed E-state index contributed by atoms with van der Waals surface area (Å²) in [6.07, 6.45) is 4.37. The Morgan fingerprint density at radius 2 is 1.80 bits per heavy atom. The van der Waals surface area contributed by atoms with Gasteiger partial charge >= 0.3 is 0 Å². The average Bonchev–Trinajstić information content (AvgIpc) is 2.27. The van der Waals surface area contributed by atoms with Gasteiger partial charge in [-0.3, -0.25) is 4.48 Å². The highest BCUT2D eigenvalue weighted by Gasteiger charge is 2.26. The van der Waals surface area contributed by atoms with E-state index in [1.54, 1.807) is 0 Å². The Kier molecular flexibility index (Phi) is 4.10. The molecule has 1 aromatic carbocycles. The lowest BCUT2D eigenvalue weighted by Crippen LogP contribution is -2.50. The molecule has 0 spiro atoms. The monoisotopic (exact) mass is 204 g/mol. The lowest BCUT2D eigenvalue weighted by molar-refractivity contribution is 0.299. The van der Waals surface area contributed by atoms with Crippen LogP contribution in [0.2, 0.25) is 0 Å². The molecular weight excluding hydrogens is 182 g/mol. The van der Waals surface area contributed by atoms with Crippen molar-refractivity contribution in [3.8, 4) is 0 Å². The van der Waals surface area contributed by atoms with Crippen LogP contribution in [-0.4, -0.2) is 19.6 Å². The molecule has 0 aliphatic heterocycles. The molecule has 0 saturated carbocycles. The van der Waals surface area contributed by atoms with Crippen LogP contribution in [0.15, 0.2) is 42.5 Å².